The van der Waals surface area contributed by atoms with Crippen LogP contribution in [0.15, 0.2) is 73.1 Å². The highest BCUT2D eigenvalue weighted by Crippen LogP contribution is 2.25. The van der Waals surface area contributed by atoms with Crippen molar-refractivity contribution in [2.75, 3.05) is 0 Å². The van der Waals surface area contributed by atoms with Gasteiger partial charge >= 0.3 is 0 Å². The smallest absolute Gasteiger partial charge is 0.0273 e. The van der Waals surface area contributed by atoms with E-state index in [2.05, 4.69) is 47.4 Å². The van der Waals surface area contributed by atoms with E-state index >= 15 is 0 Å². The Bertz CT molecular complexity index is 575. The largest absolute Gasteiger partial charge is 0.265 e. The third-order valence-electron chi connectivity index (χ3n) is 2.93. The van der Waals surface area contributed by atoms with Crippen molar-refractivity contribution in [2.24, 2.45) is 0 Å². The minimum atomic E-state index is 1.19. The van der Waals surface area contributed by atoms with Crippen molar-refractivity contribution < 1.29 is 0 Å². The Labute approximate surface area is 107 Å². The molecule has 0 unspecified atom stereocenters. The summed E-state index contributed by atoms with van der Waals surface area (Å²) in [4.78, 5) is 4.05. The Morgan fingerprint density at radius 1 is 0.667 bits per heavy atom. The summed E-state index contributed by atoms with van der Waals surface area (Å²) in [5.41, 5.74) is 4.83. The van der Waals surface area contributed by atoms with E-state index < -0.39 is 0 Å². The highest BCUT2D eigenvalue weighted by atomic mass is 14.6. The Kier molecular flexibility index (Phi) is 2.89. The highest BCUT2D eigenvalue weighted by molar-refractivity contribution is 5.72. The summed E-state index contributed by atoms with van der Waals surface area (Å²) in [5, 5.41) is 0. The Hall–Kier alpha value is -2.41. The van der Waals surface area contributed by atoms with Gasteiger partial charge in [0, 0.05) is 12.4 Å². The molecule has 85 valence electrons. The van der Waals surface area contributed by atoms with E-state index in [1.807, 2.05) is 36.7 Å². The molecule has 0 bridgehead atoms. The van der Waals surface area contributed by atoms with Gasteiger partial charge < -0.3 is 0 Å². The highest BCUT2D eigenvalue weighted by Gasteiger charge is 2.00. The van der Waals surface area contributed by atoms with E-state index in [-0.39, 0.29) is 0 Å². The molecule has 0 amide bonds. The monoisotopic (exact) mass is 230 g/mol. The van der Waals surface area contributed by atoms with Gasteiger partial charge in [0.15, 0.2) is 0 Å². The van der Waals surface area contributed by atoms with Crippen LogP contribution in [0.2, 0.25) is 0 Å². The van der Waals surface area contributed by atoms with Crippen LogP contribution >= 0.6 is 0 Å². The van der Waals surface area contributed by atoms with Crippen molar-refractivity contribution in [1.29, 1.82) is 0 Å². The van der Waals surface area contributed by atoms with E-state index in [0.717, 1.165) is 0 Å². The second-order valence-corrected chi connectivity index (χ2v) is 4.11. The molecule has 1 aromatic heterocycles. The van der Waals surface area contributed by atoms with Crippen LogP contribution < -0.4 is 0 Å². The van der Waals surface area contributed by atoms with Gasteiger partial charge in [0.05, 0.1) is 0 Å². The Morgan fingerprint density at radius 2 is 1.28 bits per heavy atom. The molecule has 0 N–H and O–H groups in total. The molecule has 1 radical (unpaired) electrons. The summed E-state index contributed by atoms with van der Waals surface area (Å²) < 4.78 is 0. The molecule has 1 heteroatoms. The molecule has 2 aromatic carbocycles. The third kappa shape index (κ3) is 2.16. The topological polar surface area (TPSA) is 12.9 Å². The van der Waals surface area contributed by atoms with E-state index in [0.29, 0.717) is 0 Å². The predicted molar refractivity (Wildman–Crippen MR) is 73.9 cm³/mol. The molecule has 3 rings (SSSR count). The molecule has 0 aliphatic rings. The zero-order valence-corrected chi connectivity index (χ0v) is 9.88. The minimum Gasteiger partial charge on any atom is -0.265 e. The average Bonchev–Trinajstić information content (AvgIpc) is 2.49. The maximum Gasteiger partial charge on any atom is 0.0273 e. The fourth-order valence-corrected chi connectivity index (χ4v) is 2.00. The van der Waals surface area contributed by atoms with Gasteiger partial charge in [-0.05, 0) is 46.5 Å². The Balaban J connectivity index is 2.05. The average molecular weight is 230 g/mol. The van der Waals surface area contributed by atoms with Gasteiger partial charge in [-0.15, -0.1) is 0 Å². The van der Waals surface area contributed by atoms with Crippen molar-refractivity contribution in [1.82, 2.24) is 4.98 Å². The van der Waals surface area contributed by atoms with Gasteiger partial charge in [-0.2, -0.15) is 0 Å². The summed E-state index contributed by atoms with van der Waals surface area (Å²) in [6, 6.07) is 23.6. The molecule has 0 saturated carbocycles. The predicted octanol–water partition coefficient (Wildman–Crippen LogP) is 4.22. The first-order valence-corrected chi connectivity index (χ1v) is 5.90. The SMILES string of the molecule is [c]1ccc(-c2cccc(-c3ccncc3)c2)cc1. The summed E-state index contributed by atoms with van der Waals surface area (Å²) in [5.74, 6) is 0. The molecule has 1 heterocycles. The zero-order valence-electron chi connectivity index (χ0n) is 9.88. The first-order chi connectivity index (χ1) is 8.93. The second-order valence-electron chi connectivity index (χ2n) is 4.11. The normalized spacial score (nSPS) is 10.2. The minimum absolute atomic E-state index is 1.19. The van der Waals surface area contributed by atoms with Gasteiger partial charge in [0.1, 0.15) is 0 Å². The van der Waals surface area contributed by atoms with Crippen LogP contribution in [0, 0.1) is 6.07 Å². The summed E-state index contributed by atoms with van der Waals surface area (Å²) in [7, 11) is 0. The van der Waals surface area contributed by atoms with Crippen molar-refractivity contribution in [3.8, 4) is 22.3 Å². The van der Waals surface area contributed by atoms with Gasteiger partial charge in [0.25, 0.3) is 0 Å². The lowest BCUT2D eigenvalue weighted by Gasteiger charge is -2.05. The number of rotatable bonds is 2. The third-order valence-corrected chi connectivity index (χ3v) is 2.93. The molecule has 0 fully saturated rings. The molecule has 0 saturated heterocycles. The summed E-state index contributed by atoms with van der Waals surface area (Å²) >= 11 is 0. The Morgan fingerprint density at radius 3 is 1.94 bits per heavy atom. The lowest BCUT2D eigenvalue weighted by atomic mass is 10.00. The van der Waals surface area contributed by atoms with Crippen molar-refractivity contribution in [2.45, 2.75) is 0 Å². The summed E-state index contributed by atoms with van der Waals surface area (Å²) in [6.45, 7) is 0. The molecule has 0 atom stereocenters. The second kappa shape index (κ2) is 4.84. The lowest BCUT2D eigenvalue weighted by molar-refractivity contribution is 1.33. The van der Waals surface area contributed by atoms with E-state index in [1.54, 1.807) is 0 Å². The zero-order chi connectivity index (χ0) is 12.2. The maximum atomic E-state index is 4.05. The molecule has 1 nitrogen and oxygen atoms in total. The standard InChI is InChI=1S/C17H12N/c1-2-5-14(6-3-1)16-7-4-8-17(13-16)15-9-11-18-12-10-15/h2-13H. The molecular formula is C17H12N. The molecule has 0 aliphatic heterocycles. The van der Waals surface area contributed by atoms with Crippen LogP contribution in [-0.2, 0) is 0 Å². The number of aromatic nitrogens is 1. The number of benzene rings is 2. The van der Waals surface area contributed by atoms with Crippen LogP contribution in [-0.4, -0.2) is 4.98 Å². The van der Waals surface area contributed by atoms with Crippen LogP contribution in [0.5, 0.6) is 0 Å². The molecule has 0 aliphatic carbocycles. The molecule has 0 spiro atoms. The fourth-order valence-electron chi connectivity index (χ4n) is 2.00. The van der Waals surface area contributed by atoms with Gasteiger partial charge in [-0.3, -0.25) is 4.98 Å². The van der Waals surface area contributed by atoms with Crippen LogP contribution in [0.25, 0.3) is 22.3 Å². The van der Waals surface area contributed by atoms with Crippen LogP contribution in [0.3, 0.4) is 0 Å². The van der Waals surface area contributed by atoms with Gasteiger partial charge in [-0.1, -0.05) is 42.5 Å². The van der Waals surface area contributed by atoms with E-state index in [4.69, 9.17) is 0 Å². The lowest BCUT2D eigenvalue weighted by Crippen LogP contribution is -1.81. The molecular weight excluding hydrogens is 218 g/mol. The number of hydrogen-bond acceptors (Lipinski definition) is 1. The quantitative estimate of drug-likeness (QED) is 0.642. The number of hydrogen-bond donors (Lipinski definition) is 0. The fraction of sp³-hybridized carbons (Fsp3) is 0. The molecule has 18 heavy (non-hydrogen) atoms. The van der Waals surface area contributed by atoms with Crippen molar-refractivity contribution >= 4 is 0 Å². The van der Waals surface area contributed by atoms with Crippen LogP contribution in [0.1, 0.15) is 0 Å². The molecule has 3 aromatic rings. The van der Waals surface area contributed by atoms with Gasteiger partial charge in [-0.25, -0.2) is 0 Å². The van der Waals surface area contributed by atoms with Crippen molar-refractivity contribution in [3.05, 3.63) is 79.1 Å². The number of nitrogens with zero attached hydrogens (tertiary/aromatic N) is 1. The number of pyridine rings is 1. The van der Waals surface area contributed by atoms with E-state index in [1.165, 1.54) is 22.3 Å². The van der Waals surface area contributed by atoms with Crippen LogP contribution in [0.4, 0.5) is 0 Å². The first-order valence-electron chi connectivity index (χ1n) is 5.90. The summed E-state index contributed by atoms with van der Waals surface area (Å²) in [6.07, 6.45) is 3.64. The van der Waals surface area contributed by atoms with Crippen molar-refractivity contribution in [3.63, 3.8) is 0 Å². The maximum absolute atomic E-state index is 4.05. The van der Waals surface area contributed by atoms with E-state index in [9.17, 15) is 0 Å². The first kappa shape index (κ1) is 10.7. The van der Waals surface area contributed by atoms with Gasteiger partial charge in [0.2, 0.25) is 0 Å².